The first-order valence-electron chi connectivity index (χ1n) is 12.6. The standard InChI is InChI=1S/C25H49NO4/c1-26(22-18-14-10-6-2-4-8-12-16-20-24(27)28)23-19-15-11-7-3-5-9-13-17-21-25(29)30/h2-23H2,1H3,(H,27,28)(H,29,30). The maximum Gasteiger partial charge on any atom is 0.303 e. The molecule has 0 saturated carbocycles. The third-order valence-corrected chi connectivity index (χ3v) is 5.86. The predicted molar refractivity (Wildman–Crippen MR) is 125 cm³/mol. The predicted octanol–water partition coefficient (Wildman–Crippen LogP) is 6.89. The number of hydrogen-bond donors (Lipinski definition) is 2. The summed E-state index contributed by atoms with van der Waals surface area (Å²) in [5.41, 5.74) is 0. The number of nitrogens with zero attached hydrogens (tertiary/aromatic N) is 1. The van der Waals surface area contributed by atoms with Gasteiger partial charge in [0.1, 0.15) is 0 Å². The lowest BCUT2D eigenvalue weighted by Gasteiger charge is -2.16. The van der Waals surface area contributed by atoms with E-state index in [4.69, 9.17) is 10.2 Å². The van der Waals surface area contributed by atoms with Crippen molar-refractivity contribution in [3.05, 3.63) is 0 Å². The third-order valence-electron chi connectivity index (χ3n) is 5.86. The zero-order valence-corrected chi connectivity index (χ0v) is 19.7. The van der Waals surface area contributed by atoms with Crippen LogP contribution in [0.1, 0.15) is 128 Å². The van der Waals surface area contributed by atoms with Gasteiger partial charge in [0.25, 0.3) is 0 Å². The zero-order valence-electron chi connectivity index (χ0n) is 19.7. The minimum atomic E-state index is -0.668. The highest BCUT2D eigenvalue weighted by Gasteiger charge is 2.00. The molecular formula is C25H49NO4. The van der Waals surface area contributed by atoms with Crippen molar-refractivity contribution in [3.63, 3.8) is 0 Å². The van der Waals surface area contributed by atoms with E-state index in [9.17, 15) is 9.59 Å². The molecule has 0 rings (SSSR count). The Morgan fingerprint density at radius 1 is 0.467 bits per heavy atom. The molecule has 5 nitrogen and oxygen atoms in total. The molecule has 0 saturated heterocycles. The van der Waals surface area contributed by atoms with E-state index in [-0.39, 0.29) is 0 Å². The Labute approximate surface area is 185 Å². The van der Waals surface area contributed by atoms with Gasteiger partial charge in [0, 0.05) is 12.8 Å². The molecule has 0 amide bonds. The van der Waals surface area contributed by atoms with Crippen molar-refractivity contribution in [1.82, 2.24) is 4.90 Å². The van der Waals surface area contributed by atoms with E-state index in [2.05, 4.69) is 11.9 Å². The fourth-order valence-electron chi connectivity index (χ4n) is 3.90. The van der Waals surface area contributed by atoms with E-state index in [1.807, 2.05) is 0 Å². The largest absolute Gasteiger partial charge is 0.481 e. The summed E-state index contributed by atoms with van der Waals surface area (Å²) < 4.78 is 0. The molecule has 0 aromatic carbocycles. The van der Waals surface area contributed by atoms with E-state index in [1.54, 1.807) is 0 Å². The van der Waals surface area contributed by atoms with Crippen molar-refractivity contribution in [3.8, 4) is 0 Å². The van der Waals surface area contributed by atoms with Gasteiger partial charge in [-0.05, 0) is 45.8 Å². The lowest BCUT2D eigenvalue weighted by molar-refractivity contribution is -0.138. The number of aliphatic carboxylic acids is 2. The number of carboxylic acid groups (broad SMARTS) is 2. The summed E-state index contributed by atoms with van der Waals surface area (Å²) in [6, 6.07) is 0. The molecule has 30 heavy (non-hydrogen) atoms. The summed E-state index contributed by atoms with van der Waals surface area (Å²) in [4.78, 5) is 23.3. The van der Waals surface area contributed by atoms with Crippen molar-refractivity contribution in [2.45, 2.75) is 128 Å². The Balaban J connectivity index is 3.17. The second kappa shape index (κ2) is 22.6. The Bertz CT molecular complexity index is 365. The molecule has 5 heteroatoms. The summed E-state index contributed by atoms with van der Waals surface area (Å²) in [5.74, 6) is -1.34. The average molecular weight is 428 g/mol. The second-order valence-corrected chi connectivity index (χ2v) is 8.95. The van der Waals surface area contributed by atoms with Crippen molar-refractivity contribution in [1.29, 1.82) is 0 Å². The number of carbonyl (C=O) groups is 2. The highest BCUT2D eigenvalue weighted by molar-refractivity contribution is 5.66. The zero-order chi connectivity index (χ0) is 22.3. The Morgan fingerprint density at radius 3 is 0.967 bits per heavy atom. The first-order valence-corrected chi connectivity index (χ1v) is 12.6. The Hall–Kier alpha value is -1.10. The number of carboxylic acids is 2. The Kier molecular flexibility index (Phi) is 21.8. The third kappa shape index (κ3) is 24.9. The molecule has 0 aliphatic carbocycles. The van der Waals surface area contributed by atoms with Gasteiger partial charge in [-0.1, -0.05) is 89.9 Å². The van der Waals surface area contributed by atoms with Crippen LogP contribution >= 0.6 is 0 Å². The summed E-state index contributed by atoms with van der Waals surface area (Å²) in [6.07, 6.45) is 22.5. The molecule has 0 aliphatic heterocycles. The number of rotatable bonds is 24. The van der Waals surface area contributed by atoms with Crippen LogP contribution in [0.3, 0.4) is 0 Å². The summed E-state index contributed by atoms with van der Waals surface area (Å²) in [5, 5.41) is 17.2. The van der Waals surface area contributed by atoms with Crippen LogP contribution in [-0.2, 0) is 9.59 Å². The topological polar surface area (TPSA) is 77.8 Å². The molecule has 0 fully saturated rings. The van der Waals surface area contributed by atoms with Crippen LogP contribution in [0.4, 0.5) is 0 Å². The van der Waals surface area contributed by atoms with E-state index in [0.29, 0.717) is 12.8 Å². The van der Waals surface area contributed by atoms with Gasteiger partial charge in [-0.25, -0.2) is 0 Å². The van der Waals surface area contributed by atoms with Crippen molar-refractivity contribution >= 4 is 11.9 Å². The molecule has 0 atom stereocenters. The lowest BCUT2D eigenvalue weighted by atomic mass is 10.1. The van der Waals surface area contributed by atoms with Gasteiger partial charge in [0.05, 0.1) is 0 Å². The van der Waals surface area contributed by atoms with Crippen LogP contribution in [0.2, 0.25) is 0 Å². The van der Waals surface area contributed by atoms with Gasteiger partial charge in [-0.2, -0.15) is 0 Å². The van der Waals surface area contributed by atoms with Crippen LogP contribution in [0.25, 0.3) is 0 Å². The molecule has 0 spiro atoms. The van der Waals surface area contributed by atoms with E-state index >= 15 is 0 Å². The Morgan fingerprint density at radius 2 is 0.700 bits per heavy atom. The molecule has 2 N–H and O–H groups in total. The van der Waals surface area contributed by atoms with Gasteiger partial charge >= 0.3 is 11.9 Å². The van der Waals surface area contributed by atoms with Crippen LogP contribution in [0.15, 0.2) is 0 Å². The summed E-state index contributed by atoms with van der Waals surface area (Å²) in [6.45, 7) is 2.43. The van der Waals surface area contributed by atoms with Crippen molar-refractivity contribution < 1.29 is 19.8 Å². The molecule has 0 heterocycles. The van der Waals surface area contributed by atoms with Crippen LogP contribution < -0.4 is 0 Å². The smallest absolute Gasteiger partial charge is 0.303 e. The number of unbranched alkanes of at least 4 members (excludes halogenated alkanes) is 16. The van der Waals surface area contributed by atoms with Gasteiger partial charge in [-0.15, -0.1) is 0 Å². The van der Waals surface area contributed by atoms with Gasteiger partial charge in [0.15, 0.2) is 0 Å². The molecule has 0 aromatic rings. The van der Waals surface area contributed by atoms with Crippen LogP contribution in [0.5, 0.6) is 0 Å². The van der Waals surface area contributed by atoms with Crippen LogP contribution in [-0.4, -0.2) is 47.2 Å². The average Bonchev–Trinajstić information content (AvgIpc) is 2.69. The molecule has 0 unspecified atom stereocenters. The molecule has 178 valence electrons. The fourth-order valence-corrected chi connectivity index (χ4v) is 3.90. The minimum Gasteiger partial charge on any atom is -0.481 e. The molecule has 0 radical (unpaired) electrons. The van der Waals surface area contributed by atoms with Crippen LogP contribution in [0, 0.1) is 0 Å². The fraction of sp³-hybridized carbons (Fsp3) is 0.920. The van der Waals surface area contributed by atoms with Gasteiger partial charge < -0.3 is 15.1 Å². The molecular weight excluding hydrogens is 378 g/mol. The molecule has 0 aromatic heterocycles. The van der Waals surface area contributed by atoms with Crippen molar-refractivity contribution in [2.75, 3.05) is 20.1 Å². The summed E-state index contributed by atoms with van der Waals surface area (Å²) >= 11 is 0. The maximum atomic E-state index is 10.4. The summed E-state index contributed by atoms with van der Waals surface area (Å²) in [7, 11) is 2.24. The lowest BCUT2D eigenvalue weighted by Crippen LogP contribution is -2.20. The first kappa shape index (κ1) is 28.9. The quantitative estimate of drug-likeness (QED) is 0.164. The highest BCUT2D eigenvalue weighted by Crippen LogP contribution is 2.12. The minimum absolute atomic E-state index is 0.325. The van der Waals surface area contributed by atoms with E-state index < -0.39 is 11.9 Å². The van der Waals surface area contributed by atoms with Gasteiger partial charge in [0.2, 0.25) is 0 Å². The van der Waals surface area contributed by atoms with E-state index in [1.165, 1.54) is 103 Å². The normalized spacial score (nSPS) is 11.3. The van der Waals surface area contributed by atoms with Crippen molar-refractivity contribution in [2.24, 2.45) is 0 Å². The SMILES string of the molecule is CN(CCCCCCCCCCCC(=O)O)CCCCCCCCCCCC(=O)O. The number of hydrogen-bond acceptors (Lipinski definition) is 3. The highest BCUT2D eigenvalue weighted by atomic mass is 16.4. The molecule has 0 bridgehead atoms. The molecule has 0 aliphatic rings. The second-order valence-electron chi connectivity index (χ2n) is 8.95. The van der Waals surface area contributed by atoms with E-state index in [0.717, 1.165) is 25.7 Å². The maximum absolute atomic E-state index is 10.4. The van der Waals surface area contributed by atoms with Gasteiger partial charge in [-0.3, -0.25) is 9.59 Å². The first-order chi connectivity index (χ1) is 14.5. The monoisotopic (exact) mass is 427 g/mol.